The summed E-state index contributed by atoms with van der Waals surface area (Å²) in [6.07, 6.45) is 2.20. The standard InChI is InChI=1S/C12H20BrN3O3S/c1-12(2,4-5-19-3)8-16-20(17,18)10-6-9(13)7-15-11(10)14/h6-7,16H,4-5,8H2,1-3H3,(H2,14,15). The number of ether oxygens (including phenoxy) is 1. The first kappa shape index (κ1) is 17.4. The van der Waals surface area contributed by atoms with Crippen LogP contribution in [0.3, 0.4) is 0 Å². The van der Waals surface area contributed by atoms with E-state index < -0.39 is 10.0 Å². The topological polar surface area (TPSA) is 94.3 Å². The summed E-state index contributed by atoms with van der Waals surface area (Å²) >= 11 is 3.19. The molecule has 0 radical (unpaired) electrons. The normalized spacial score (nSPS) is 12.6. The van der Waals surface area contributed by atoms with Crippen LogP contribution in [0, 0.1) is 5.41 Å². The number of anilines is 1. The maximum Gasteiger partial charge on any atom is 0.244 e. The van der Waals surface area contributed by atoms with E-state index in [-0.39, 0.29) is 16.1 Å². The summed E-state index contributed by atoms with van der Waals surface area (Å²) in [4.78, 5) is 3.81. The number of nitrogen functional groups attached to an aromatic ring is 1. The minimum Gasteiger partial charge on any atom is -0.385 e. The smallest absolute Gasteiger partial charge is 0.244 e. The van der Waals surface area contributed by atoms with Gasteiger partial charge in [0, 0.05) is 30.9 Å². The summed E-state index contributed by atoms with van der Waals surface area (Å²) in [6, 6.07) is 1.44. The number of methoxy groups -OCH3 is 1. The molecule has 1 aromatic heterocycles. The Morgan fingerprint density at radius 2 is 2.15 bits per heavy atom. The summed E-state index contributed by atoms with van der Waals surface area (Å²) in [5.74, 6) is -0.0182. The molecule has 0 aliphatic carbocycles. The third-order valence-electron chi connectivity index (χ3n) is 2.86. The lowest BCUT2D eigenvalue weighted by Crippen LogP contribution is -2.35. The maximum absolute atomic E-state index is 12.2. The van der Waals surface area contributed by atoms with Gasteiger partial charge in [-0.05, 0) is 33.8 Å². The van der Waals surface area contributed by atoms with Crippen molar-refractivity contribution in [1.82, 2.24) is 9.71 Å². The predicted molar refractivity (Wildman–Crippen MR) is 81.8 cm³/mol. The van der Waals surface area contributed by atoms with Gasteiger partial charge in [-0.25, -0.2) is 18.1 Å². The first-order valence-electron chi connectivity index (χ1n) is 6.07. The van der Waals surface area contributed by atoms with E-state index in [9.17, 15) is 8.42 Å². The van der Waals surface area contributed by atoms with Crippen molar-refractivity contribution >= 4 is 31.8 Å². The summed E-state index contributed by atoms with van der Waals surface area (Å²) in [5.41, 5.74) is 5.41. The lowest BCUT2D eigenvalue weighted by Gasteiger charge is -2.24. The maximum atomic E-state index is 12.2. The van der Waals surface area contributed by atoms with Crippen LogP contribution in [0.2, 0.25) is 0 Å². The van der Waals surface area contributed by atoms with E-state index in [1.807, 2.05) is 13.8 Å². The minimum absolute atomic E-state index is 0.0182. The van der Waals surface area contributed by atoms with Crippen molar-refractivity contribution in [1.29, 1.82) is 0 Å². The molecule has 1 aromatic rings. The van der Waals surface area contributed by atoms with Gasteiger partial charge in [0.1, 0.15) is 10.7 Å². The molecule has 0 aromatic carbocycles. The Labute approximate surface area is 128 Å². The van der Waals surface area contributed by atoms with Crippen molar-refractivity contribution in [3.63, 3.8) is 0 Å². The third-order valence-corrected chi connectivity index (χ3v) is 4.73. The van der Waals surface area contributed by atoms with Crippen molar-refractivity contribution < 1.29 is 13.2 Å². The summed E-state index contributed by atoms with van der Waals surface area (Å²) in [7, 11) is -2.06. The molecule has 20 heavy (non-hydrogen) atoms. The van der Waals surface area contributed by atoms with Gasteiger partial charge in [0.2, 0.25) is 10.0 Å². The fourth-order valence-electron chi connectivity index (χ4n) is 1.48. The molecule has 0 fully saturated rings. The van der Waals surface area contributed by atoms with Crippen LogP contribution in [0.1, 0.15) is 20.3 Å². The molecule has 0 aliphatic heterocycles. The van der Waals surface area contributed by atoms with Crippen LogP contribution in [0.5, 0.6) is 0 Å². The van der Waals surface area contributed by atoms with E-state index in [1.165, 1.54) is 12.3 Å². The second-order valence-electron chi connectivity index (χ2n) is 5.27. The number of hydrogen-bond donors (Lipinski definition) is 2. The molecule has 3 N–H and O–H groups in total. The number of sulfonamides is 1. The summed E-state index contributed by atoms with van der Waals surface area (Å²) < 4.78 is 32.6. The minimum atomic E-state index is -3.68. The van der Waals surface area contributed by atoms with E-state index >= 15 is 0 Å². The zero-order valence-electron chi connectivity index (χ0n) is 11.8. The molecule has 114 valence electrons. The Morgan fingerprint density at radius 1 is 1.50 bits per heavy atom. The van der Waals surface area contributed by atoms with Gasteiger partial charge in [0.15, 0.2) is 0 Å². The zero-order chi connectivity index (χ0) is 15.4. The van der Waals surface area contributed by atoms with E-state index in [0.717, 1.165) is 6.42 Å². The average Bonchev–Trinajstić information content (AvgIpc) is 2.37. The first-order valence-corrected chi connectivity index (χ1v) is 8.35. The van der Waals surface area contributed by atoms with Crippen LogP contribution in [-0.4, -0.2) is 33.7 Å². The van der Waals surface area contributed by atoms with Gasteiger partial charge in [0.25, 0.3) is 0 Å². The van der Waals surface area contributed by atoms with Crippen molar-refractivity contribution in [3.8, 4) is 0 Å². The highest BCUT2D eigenvalue weighted by Crippen LogP contribution is 2.23. The monoisotopic (exact) mass is 365 g/mol. The fraction of sp³-hybridized carbons (Fsp3) is 0.583. The summed E-state index contributed by atoms with van der Waals surface area (Å²) in [6.45, 7) is 4.81. The molecule has 0 saturated heterocycles. The molecule has 0 saturated carbocycles. The van der Waals surface area contributed by atoms with Gasteiger partial charge in [-0.1, -0.05) is 13.8 Å². The largest absolute Gasteiger partial charge is 0.385 e. The Kier molecular flexibility index (Phi) is 5.93. The van der Waals surface area contributed by atoms with Crippen LogP contribution < -0.4 is 10.5 Å². The molecule has 0 aliphatic rings. The van der Waals surface area contributed by atoms with E-state index in [0.29, 0.717) is 17.6 Å². The van der Waals surface area contributed by atoms with Crippen LogP contribution in [-0.2, 0) is 14.8 Å². The Hall–Kier alpha value is -0.700. The number of hydrogen-bond acceptors (Lipinski definition) is 5. The van der Waals surface area contributed by atoms with Crippen molar-refractivity contribution in [2.75, 3.05) is 26.0 Å². The molecule has 1 heterocycles. The van der Waals surface area contributed by atoms with Gasteiger partial charge >= 0.3 is 0 Å². The molecule has 0 atom stereocenters. The Balaban J connectivity index is 2.83. The second kappa shape index (κ2) is 6.84. The van der Waals surface area contributed by atoms with Gasteiger partial charge < -0.3 is 10.5 Å². The molecular weight excluding hydrogens is 346 g/mol. The number of pyridine rings is 1. The number of aromatic nitrogens is 1. The molecule has 1 rings (SSSR count). The summed E-state index contributed by atoms with van der Waals surface area (Å²) in [5, 5.41) is 0. The van der Waals surface area contributed by atoms with E-state index in [2.05, 4.69) is 25.6 Å². The molecule has 6 nitrogen and oxygen atoms in total. The lowest BCUT2D eigenvalue weighted by atomic mass is 9.90. The van der Waals surface area contributed by atoms with E-state index in [4.69, 9.17) is 10.5 Å². The number of nitrogens with one attached hydrogen (secondary N) is 1. The fourth-order valence-corrected chi connectivity index (χ4v) is 3.31. The van der Waals surface area contributed by atoms with Crippen LogP contribution in [0.4, 0.5) is 5.82 Å². The average molecular weight is 366 g/mol. The van der Waals surface area contributed by atoms with Crippen molar-refractivity contribution in [2.24, 2.45) is 5.41 Å². The van der Waals surface area contributed by atoms with E-state index in [1.54, 1.807) is 7.11 Å². The highest BCUT2D eigenvalue weighted by Gasteiger charge is 2.24. The Bertz CT molecular complexity index is 561. The Morgan fingerprint density at radius 3 is 2.75 bits per heavy atom. The number of nitrogens with two attached hydrogens (primary N) is 1. The van der Waals surface area contributed by atoms with Gasteiger partial charge in [-0.15, -0.1) is 0 Å². The number of halogens is 1. The number of rotatable bonds is 7. The molecule has 0 unspecified atom stereocenters. The van der Waals surface area contributed by atoms with Crippen molar-refractivity contribution in [2.45, 2.75) is 25.2 Å². The number of nitrogens with zero attached hydrogens (tertiary/aromatic N) is 1. The third kappa shape index (κ3) is 5.01. The quantitative estimate of drug-likeness (QED) is 0.767. The van der Waals surface area contributed by atoms with Gasteiger partial charge in [-0.2, -0.15) is 0 Å². The molecule has 8 heteroatoms. The van der Waals surface area contributed by atoms with Gasteiger partial charge in [-0.3, -0.25) is 0 Å². The zero-order valence-corrected chi connectivity index (χ0v) is 14.2. The molecule has 0 bridgehead atoms. The van der Waals surface area contributed by atoms with Crippen molar-refractivity contribution in [3.05, 3.63) is 16.7 Å². The first-order chi connectivity index (χ1) is 9.18. The molecule has 0 spiro atoms. The van der Waals surface area contributed by atoms with Gasteiger partial charge in [0.05, 0.1) is 0 Å². The van der Waals surface area contributed by atoms with Crippen LogP contribution >= 0.6 is 15.9 Å². The lowest BCUT2D eigenvalue weighted by molar-refractivity contribution is 0.153. The SMILES string of the molecule is COCCC(C)(C)CNS(=O)(=O)c1cc(Br)cnc1N. The van der Waals surface area contributed by atoms with Crippen LogP contribution in [0.15, 0.2) is 21.6 Å². The molecule has 0 amide bonds. The highest BCUT2D eigenvalue weighted by atomic mass is 79.9. The predicted octanol–water partition coefficient (Wildman–Crippen LogP) is 1.77. The van der Waals surface area contributed by atoms with Crippen LogP contribution in [0.25, 0.3) is 0 Å². The second-order valence-corrected chi connectivity index (χ2v) is 7.92. The molecular formula is C12H20BrN3O3S. The highest BCUT2D eigenvalue weighted by molar-refractivity contribution is 9.10.